The first kappa shape index (κ1) is 22.8. The van der Waals surface area contributed by atoms with E-state index in [4.69, 9.17) is 4.74 Å². The number of halogens is 1. The third kappa shape index (κ3) is 7.79. The number of nitrogens with zero attached hydrogens (tertiary/aromatic N) is 3. The minimum Gasteiger partial charge on any atom is -0.450 e. The first-order chi connectivity index (χ1) is 14.0. The number of benzene rings is 1. The second kappa shape index (κ2) is 12.1. The third-order valence-corrected chi connectivity index (χ3v) is 4.88. The molecule has 162 valence electrons. The largest absolute Gasteiger partial charge is 0.450 e. The minimum absolute atomic E-state index is 0.222. The minimum atomic E-state index is -0.228. The highest BCUT2D eigenvalue weighted by molar-refractivity contribution is 5.80. The highest BCUT2D eigenvalue weighted by atomic mass is 19.1. The number of hydrogen-bond acceptors (Lipinski definition) is 4. The van der Waals surface area contributed by atoms with Crippen molar-refractivity contribution in [3.05, 3.63) is 30.1 Å². The number of rotatable bonds is 8. The van der Waals surface area contributed by atoms with Gasteiger partial charge in [-0.25, -0.2) is 9.18 Å². The summed E-state index contributed by atoms with van der Waals surface area (Å²) in [6, 6.07) is 6.90. The van der Waals surface area contributed by atoms with Crippen LogP contribution in [0.25, 0.3) is 0 Å². The number of likely N-dealkylation sites (tertiary alicyclic amines) is 1. The van der Waals surface area contributed by atoms with Crippen LogP contribution in [0, 0.1) is 5.82 Å². The van der Waals surface area contributed by atoms with Crippen molar-refractivity contribution in [1.29, 1.82) is 0 Å². The number of carbonyl (C=O) groups excluding carboxylic acids is 1. The first-order valence-electron chi connectivity index (χ1n) is 10.5. The van der Waals surface area contributed by atoms with Crippen LogP contribution in [0.1, 0.15) is 33.1 Å². The Bertz CT molecular complexity index is 662. The molecule has 0 saturated carbocycles. The molecule has 0 aliphatic carbocycles. The van der Waals surface area contributed by atoms with Gasteiger partial charge in [0.2, 0.25) is 0 Å². The fourth-order valence-electron chi connectivity index (χ4n) is 3.28. The van der Waals surface area contributed by atoms with Gasteiger partial charge in [0.05, 0.1) is 6.61 Å². The number of piperidine rings is 1. The highest BCUT2D eigenvalue weighted by Crippen LogP contribution is 2.14. The van der Waals surface area contributed by atoms with Crippen molar-refractivity contribution < 1.29 is 13.9 Å². The molecule has 0 spiro atoms. The highest BCUT2D eigenvalue weighted by Gasteiger charge is 2.23. The molecule has 1 aromatic carbocycles. The summed E-state index contributed by atoms with van der Waals surface area (Å²) in [7, 11) is 1.96. The Hall–Kier alpha value is -2.51. The molecule has 1 aliphatic heterocycles. The molecular formula is C21H34FN5O2. The van der Waals surface area contributed by atoms with Crippen LogP contribution in [0.3, 0.4) is 0 Å². The molecule has 1 saturated heterocycles. The van der Waals surface area contributed by atoms with Crippen molar-refractivity contribution in [2.75, 3.05) is 51.3 Å². The molecule has 1 heterocycles. The average molecular weight is 408 g/mol. The van der Waals surface area contributed by atoms with Crippen molar-refractivity contribution in [2.45, 2.75) is 39.2 Å². The van der Waals surface area contributed by atoms with Gasteiger partial charge < -0.3 is 25.2 Å². The van der Waals surface area contributed by atoms with Crippen molar-refractivity contribution in [2.24, 2.45) is 4.99 Å². The summed E-state index contributed by atoms with van der Waals surface area (Å²) >= 11 is 0. The molecule has 8 heteroatoms. The Labute approximate surface area is 173 Å². The number of amides is 1. The molecule has 2 N–H and O–H groups in total. The van der Waals surface area contributed by atoms with E-state index in [2.05, 4.69) is 15.6 Å². The molecule has 0 radical (unpaired) electrons. The zero-order valence-corrected chi connectivity index (χ0v) is 17.8. The third-order valence-electron chi connectivity index (χ3n) is 4.88. The average Bonchev–Trinajstić information content (AvgIpc) is 2.72. The smallest absolute Gasteiger partial charge is 0.409 e. The molecule has 0 aromatic heterocycles. The molecule has 0 bridgehead atoms. The van der Waals surface area contributed by atoms with Crippen LogP contribution >= 0.6 is 0 Å². The van der Waals surface area contributed by atoms with Crippen molar-refractivity contribution >= 4 is 17.7 Å². The van der Waals surface area contributed by atoms with Crippen molar-refractivity contribution in [3.8, 4) is 0 Å². The van der Waals surface area contributed by atoms with E-state index in [1.807, 2.05) is 31.9 Å². The van der Waals surface area contributed by atoms with Gasteiger partial charge in [0.1, 0.15) is 5.82 Å². The van der Waals surface area contributed by atoms with E-state index in [1.165, 1.54) is 12.1 Å². The predicted molar refractivity (Wildman–Crippen MR) is 115 cm³/mol. The van der Waals surface area contributed by atoms with Crippen LogP contribution in [-0.4, -0.2) is 69.4 Å². The molecule has 1 fully saturated rings. The second-order valence-electron chi connectivity index (χ2n) is 7.12. The van der Waals surface area contributed by atoms with Gasteiger partial charge in [0, 0.05) is 51.5 Å². The number of nitrogens with one attached hydrogen (secondary N) is 2. The van der Waals surface area contributed by atoms with Crippen LogP contribution in [0.5, 0.6) is 0 Å². The molecule has 0 atom stereocenters. The zero-order valence-electron chi connectivity index (χ0n) is 17.8. The van der Waals surface area contributed by atoms with Gasteiger partial charge in [0.15, 0.2) is 5.96 Å². The van der Waals surface area contributed by atoms with Crippen molar-refractivity contribution in [3.63, 3.8) is 0 Å². The summed E-state index contributed by atoms with van der Waals surface area (Å²) < 4.78 is 18.4. The Morgan fingerprint density at radius 1 is 1.34 bits per heavy atom. The molecule has 7 nitrogen and oxygen atoms in total. The van der Waals surface area contributed by atoms with Gasteiger partial charge in [-0.15, -0.1) is 0 Å². The standard InChI is InChI=1S/C21H34FN5O2/c1-4-23-20(25-18-10-14-27(15-11-18)21(28)29-5-2)24-12-7-13-26(3)19-9-6-8-17(22)16-19/h6,8-9,16,18H,4-5,7,10-15H2,1-3H3,(H2,23,24,25). The number of anilines is 1. The van der Waals surface area contributed by atoms with Crippen LogP contribution in [-0.2, 0) is 4.74 Å². The summed E-state index contributed by atoms with van der Waals surface area (Å²) in [6.07, 6.45) is 2.37. The summed E-state index contributed by atoms with van der Waals surface area (Å²) in [5, 5.41) is 6.75. The van der Waals surface area contributed by atoms with Gasteiger partial charge in [-0.1, -0.05) is 6.07 Å². The van der Waals surface area contributed by atoms with E-state index in [1.54, 1.807) is 11.0 Å². The normalized spacial score (nSPS) is 15.2. The fraction of sp³-hybridized carbons (Fsp3) is 0.619. The van der Waals surface area contributed by atoms with E-state index in [0.717, 1.165) is 44.0 Å². The van der Waals surface area contributed by atoms with Gasteiger partial charge in [-0.2, -0.15) is 0 Å². The molecule has 2 rings (SSSR count). The Morgan fingerprint density at radius 3 is 2.76 bits per heavy atom. The van der Waals surface area contributed by atoms with Crippen LogP contribution in [0.4, 0.5) is 14.9 Å². The Balaban J connectivity index is 1.76. The van der Waals surface area contributed by atoms with E-state index >= 15 is 0 Å². The van der Waals surface area contributed by atoms with Crippen LogP contribution in [0.2, 0.25) is 0 Å². The quantitative estimate of drug-likeness (QED) is 0.394. The monoisotopic (exact) mass is 407 g/mol. The Morgan fingerprint density at radius 2 is 2.10 bits per heavy atom. The Kier molecular flexibility index (Phi) is 9.53. The van der Waals surface area contributed by atoms with E-state index in [9.17, 15) is 9.18 Å². The van der Waals surface area contributed by atoms with Crippen LogP contribution in [0.15, 0.2) is 29.3 Å². The van der Waals surface area contributed by atoms with Crippen molar-refractivity contribution in [1.82, 2.24) is 15.5 Å². The SMILES string of the molecule is CCNC(=NCCCN(C)c1cccc(F)c1)NC1CCN(C(=O)OCC)CC1. The van der Waals surface area contributed by atoms with Crippen LogP contribution < -0.4 is 15.5 Å². The first-order valence-corrected chi connectivity index (χ1v) is 10.5. The summed E-state index contributed by atoms with van der Waals surface area (Å²) in [5.74, 6) is 0.579. The summed E-state index contributed by atoms with van der Waals surface area (Å²) in [5.41, 5.74) is 0.868. The lowest BCUT2D eigenvalue weighted by Gasteiger charge is -2.32. The lowest BCUT2D eigenvalue weighted by atomic mass is 10.1. The topological polar surface area (TPSA) is 69.2 Å². The maximum atomic E-state index is 13.3. The van der Waals surface area contributed by atoms with Gasteiger partial charge >= 0.3 is 6.09 Å². The predicted octanol–water partition coefficient (Wildman–Crippen LogP) is 2.83. The molecule has 1 aromatic rings. The molecule has 29 heavy (non-hydrogen) atoms. The second-order valence-corrected chi connectivity index (χ2v) is 7.12. The number of aliphatic imine (C=N–C) groups is 1. The van der Waals surface area contributed by atoms with E-state index in [-0.39, 0.29) is 18.0 Å². The lowest BCUT2D eigenvalue weighted by Crippen LogP contribution is -2.50. The maximum Gasteiger partial charge on any atom is 0.409 e. The molecule has 1 aliphatic rings. The maximum absolute atomic E-state index is 13.3. The molecular weight excluding hydrogens is 373 g/mol. The van der Waals surface area contributed by atoms with Gasteiger partial charge in [-0.3, -0.25) is 4.99 Å². The summed E-state index contributed by atoms with van der Waals surface area (Å²) in [6.45, 7) is 7.91. The molecule has 1 amide bonds. The van der Waals surface area contributed by atoms with Gasteiger partial charge in [0.25, 0.3) is 0 Å². The number of guanidine groups is 1. The fourth-order valence-corrected chi connectivity index (χ4v) is 3.28. The summed E-state index contributed by atoms with van der Waals surface area (Å²) in [4.78, 5) is 20.3. The van der Waals surface area contributed by atoms with E-state index in [0.29, 0.717) is 26.2 Å². The lowest BCUT2D eigenvalue weighted by molar-refractivity contribution is 0.0963. The van der Waals surface area contributed by atoms with E-state index < -0.39 is 0 Å². The number of hydrogen-bond donors (Lipinski definition) is 2. The zero-order chi connectivity index (χ0) is 21.1. The van der Waals surface area contributed by atoms with Gasteiger partial charge in [-0.05, 0) is 51.3 Å². The molecule has 0 unspecified atom stereocenters. The number of ether oxygens (including phenoxy) is 1. The number of carbonyl (C=O) groups is 1.